The van der Waals surface area contributed by atoms with E-state index in [0.29, 0.717) is 24.2 Å². The number of nitrogens with one attached hydrogen (secondary N) is 1. The number of aromatic nitrogens is 2. The Morgan fingerprint density at radius 1 is 1.23 bits per heavy atom. The normalized spacial score (nSPS) is 16.8. The second-order valence-electron chi connectivity index (χ2n) is 7.99. The number of amides is 2. The first-order valence-corrected chi connectivity index (χ1v) is 10.3. The number of hydrogen-bond acceptors (Lipinski definition) is 5. The number of aromatic amines is 1. The first kappa shape index (κ1) is 20.1. The molecule has 1 aromatic heterocycles. The predicted molar refractivity (Wildman–Crippen MR) is 109 cm³/mol. The molecule has 30 heavy (non-hydrogen) atoms. The number of fused-ring (bicyclic) bond motifs is 1. The molecule has 158 valence electrons. The van der Waals surface area contributed by atoms with Crippen LogP contribution in [-0.2, 0) is 13.0 Å². The van der Waals surface area contributed by atoms with Gasteiger partial charge in [-0.1, -0.05) is 31.4 Å². The molecule has 0 saturated heterocycles. The van der Waals surface area contributed by atoms with Crippen LogP contribution in [0.5, 0.6) is 0 Å². The molecule has 9 nitrogen and oxygen atoms in total. The number of nitro benzene ring substituents is 1. The molecule has 0 bridgehead atoms. The van der Waals surface area contributed by atoms with Crippen LogP contribution in [0.15, 0.2) is 24.3 Å². The zero-order valence-corrected chi connectivity index (χ0v) is 17.0. The minimum Gasteiger partial charge on any atom is -0.337 e. The van der Waals surface area contributed by atoms with E-state index in [1.807, 2.05) is 7.05 Å². The van der Waals surface area contributed by atoms with Crippen molar-refractivity contribution in [3.8, 4) is 0 Å². The fraction of sp³-hybridized carbons (Fsp3) is 0.476. The van der Waals surface area contributed by atoms with E-state index in [0.717, 1.165) is 31.4 Å². The number of benzene rings is 1. The monoisotopic (exact) mass is 411 g/mol. The number of nitro groups is 1. The number of rotatable bonds is 4. The van der Waals surface area contributed by atoms with Crippen LogP contribution in [0.2, 0.25) is 0 Å². The molecule has 0 spiro atoms. The third-order valence-electron chi connectivity index (χ3n) is 6.20. The average Bonchev–Trinajstić information content (AvgIpc) is 3.21. The summed E-state index contributed by atoms with van der Waals surface area (Å²) < 4.78 is 0. The second kappa shape index (κ2) is 8.25. The van der Waals surface area contributed by atoms with E-state index in [1.54, 1.807) is 15.9 Å². The summed E-state index contributed by atoms with van der Waals surface area (Å²) in [5.41, 5.74) is 1.75. The fourth-order valence-corrected chi connectivity index (χ4v) is 4.43. The lowest BCUT2D eigenvalue weighted by atomic mass is 9.94. The summed E-state index contributed by atoms with van der Waals surface area (Å²) in [7, 11) is 1.82. The Morgan fingerprint density at radius 3 is 2.70 bits per heavy atom. The molecule has 2 aromatic rings. The topological polar surface area (TPSA) is 112 Å². The van der Waals surface area contributed by atoms with Gasteiger partial charge in [-0.25, -0.2) is 0 Å². The summed E-state index contributed by atoms with van der Waals surface area (Å²) in [6.07, 6.45) is 5.97. The molecule has 2 amide bonds. The van der Waals surface area contributed by atoms with Crippen LogP contribution < -0.4 is 0 Å². The van der Waals surface area contributed by atoms with Crippen molar-refractivity contribution in [1.29, 1.82) is 0 Å². The van der Waals surface area contributed by atoms with Crippen molar-refractivity contribution < 1.29 is 14.5 Å². The molecule has 0 atom stereocenters. The van der Waals surface area contributed by atoms with Crippen LogP contribution >= 0.6 is 0 Å². The number of para-hydroxylation sites is 1. The van der Waals surface area contributed by atoms with Gasteiger partial charge >= 0.3 is 0 Å². The van der Waals surface area contributed by atoms with E-state index < -0.39 is 10.8 Å². The molecule has 2 aliphatic rings. The Balaban J connectivity index is 1.56. The standard InChI is InChI=1S/C21H25N5O4/c1-24(14-7-3-2-4-8-14)21(28)19-16-13-25(12-11-17(16)22-23-19)20(27)15-9-5-6-10-18(15)26(29)30/h5-6,9-10,14H,2-4,7-8,11-13H2,1H3,(H,22,23). The van der Waals surface area contributed by atoms with E-state index in [-0.39, 0.29) is 29.7 Å². The largest absolute Gasteiger partial charge is 0.337 e. The minimum absolute atomic E-state index is 0.0571. The van der Waals surface area contributed by atoms with Gasteiger partial charge in [0.2, 0.25) is 0 Å². The van der Waals surface area contributed by atoms with Crippen molar-refractivity contribution in [3.05, 3.63) is 56.9 Å². The fourth-order valence-electron chi connectivity index (χ4n) is 4.43. The Kier molecular flexibility index (Phi) is 5.52. The zero-order chi connectivity index (χ0) is 21.3. The molecule has 1 fully saturated rings. The molecule has 1 aliphatic heterocycles. The molecule has 0 unspecified atom stereocenters. The summed E-state index contributed by atoms with van der Waals surface area (Å²) in [5.74, 6) is -0.549. The third-order valence-corrected chi connectivity index (χ3v) is 6.20. The van der Waals surface area contributed by atoms with E-state index in [2.05, 4.69) is 10.2 Å². The van der Waals surface area contributed by atoms with E-state index in [1.165, 1.54) is 24.6 Å². The molecule has 1 N–H and O–H groups in total. The van der Waals surface area contributed by atoms with Crippen LogP contribution in [0.25, 0.3) is 0 Å². The van der Waals surface area contributed by atoms with Crippen molar-refractivity contribution in [1.82, 2.24) is 20.0 Å². The zero-order valence-electron chi connectivity index (χ0n) is 17.0. The van der Waals surface area contributed by atoms with Crippen LogP contribution in [0.4, 0.5) is 5.69 Å². The maximum atomic E-state index is 13.1. The number of carbonyl (C=O) groups is 2. The van der Waals surface area contributed by atoms with E-state index in [4.69, 9.17) is 0 Å². The van der Waals surface area contributed by atoms with Crippen LogP contribution in [0.3, 0.4) is 0 Å². The molecular weight excluding hydrogens is 386 g/mol. The molecule has 1 aromatic carbocycles. The summed E-state index contributed by atoms with van der Waals surface area (Å²) >= 11 is 0. The van der Waals surface area contributed by atoms with Gasteiger partial charge in [-0.05, 0) is 18.9 Å². The molecule has 2 heterocycles. The van der Waals surface area contributed by atoms with Crippen molar-refractivity contribution >= 4 is 17.5 Å². The van der Waals surface area contributed by atoms with Gasteiger partial charge in [0.1, 0.15) is 5.56 Å². The summed E-state index contributed by atoms with van der Waals surface area (Å²) in [6.45, 7) is 0.614. The molecule has 4 rings (SSSR count). The van der Waals surface area contributed by atoms with Crippen molar-refractivity contribution in [2.24, 2.45) is 0 Å². The SMILES string of the molecule is CN(C(=O)c1n[nH]c2c1CN(C(=O)c1ccccc1[N+](=O)[O-])CC2)C1CCCCC1. The number of hydrogen-bond donors (Lipinski definition) is 1. The van der Waals surface area contributed by atoms with Crippen LogP contribution in [-0.4, -0.2) is 56.4 Å². The number of nitrogens with zero attached hydrogens (tertiary/aromatic N) is 4. The highest BCUT2D eigenvalue weighted by Crippen LogP contribution is 2.27. The Morgan fingerprint density at radius 2 is 1.97 bits per heavy atom. The summed E-state index contributed by atoms with van der Waals surface area (Å²) in [5, 5.41) is 18.5. The van der Waals surface area contributed by atoms with Crippen molar-refractivity contribution in [2.75, 3.05) is 13.6 Å². The highest BCUT2D eigenvalue weighted by atomic mass is 16.6. The number of H-pyrrole nitrogens is 1. The Bertz CT molecular complexity index is 980. The molecule has 9 heteroatoms. The molecule has 1 saturated carbocycles. The van der Waals surface area contributed by atoms with Crippen molar-refractivity contribution in [3.63, 3.8) is 0 Å². The van der Waals surface area contributed by atoms with Gasteiger partial charge in [0, 0.05) is 43.4 Å². The lowest BCUT2D eigenvalue weighted by Gasteiger charge is -2.31. The van der Waals surface area contributed by atoms with E-state index >= 15 is 0 Å². The van der Waals surface area contributed by atoms with Gasteiger partial charge < -0.3 is 9.80 Å². The maximum Gasteiger partial charge on any atom is 0.282 e. The van der Waals surface area contributed by atoms with Gasteiger partial charge in [-0.3, -0.25) is 24.8 Å². The molecule has 1 aliphatic carbocycles. The second-order valence-corrected chi connectivity index (χ2v) is 7.99. The van der Waals surface area contributed by atoms with E-state index in [9.17, 15) is 19.7 Å². The lowest BCUT2D eigenvalue weighted by Crippen LogP contribution is -2.40. The van der Waals surface area contributed by atoms with Gasteiger partial charge in [-0.15, -0.1) is 0 Å². The average molecular weight is 411 g/mol. The first-order valence-electron chi connectivity index (χ1n) is 10.3. The quantitative estimate of drug-likeness (QED) is 0.614. The van der Waals surface area contributed by atoms with Gasteiger partial charge in [0.15, 0.2) is 5.69 Å². The van der Waals surface area contributed by atoms with Crippen molar-refractivity contribution in [2.45, 2.75) is 51.1 Å². The first-order chi connectivity index (χ1) is 14.5. The smallest absolute Gasteiger partial charge is 0.282 e. The lowest BCUT2D eigenvalue weighted by molar-refractivity contribution is -0.385. The third kappa shape index (κ3) is 3.67. The predicted octanol–water partition coefficient (Wildman–Crippen LogP) is 2.92. The summed E-state index contributed by atoms with van der Waals surface area (Å²) in [4.78, 5) is 40.2. The highest BCUT2D eigenvalue weighted by molar-refractivity contribution is 5.99. The molecule has 0 radical (unpaired) electrons. The van der Waals surface area contributed by atoms with Gasteiger partial charge in [-0.2, -0.15) is 5.10 Å². The van der Waals surface area contributed by atoms with Crippen LogP contribution in [0.1, 0.15) is 64.2 Å². The van der Waals surface area contributed by atoms with Crippen LogP contribution in [0, 0.1) is 10.1 Å². The minimum atomic E-state index is -0.547. The number of carbonyl (C=O) groups excluding carboxylic acids is 2. The van der Waals surface area contributed by atoms with Gasteiger partial charge in [0.25, 0.3) is 17.5 Å². The van der Waals surface area contributed by atoms with Gasteiger partial charge in [0.05, 0.1) is 11.5 Å². The summed E-state index contributed by atoms with van der Waals surface area (Å²) in [6, 6.07) is 6.16. The maximum absolute atomic E-state index is 13.1. The highest BCUT2D eigenvalue weighted by Gasteiger charge is 2.33. The molecular formula is C21H25N5O4. The Labute approximate surface area is 174 Å². The Hall–Kier alpha value is -3.23.